The molecule has 0 aliphatic rings. The molecule has 0 heterocycles. The molecule has 1 aromatic rings. The highest BCUT2D eigenvalue weighted by molar-refractivity contribution is 5.21. The molecule has 0 aromatic heterocycles. The average molecular weight is 176 g/mol. The molecule has 0 bridgehead atoms. The highest BCUT2D eigenvalue weighted by Gasteiger charge is 2.23. The van der Waals surface area contributed by atoms with Gasteiger partial charge in [-0.3, -0.25) is 0 Å². The van der Waals surface area contributed by atoms with Crippen molar-refractivity contribution < 1.29 is 0 Å². The van der Waals surface area contributed by atoms with Gasteiger partial charge in [-0.25, -0.2) is 0 Å². The smallest absolute Gasteiger partial charge is 0.0116 e. The minimum Gasteiger partial charge on any atom is -0.0648 e. The van der Waals surface area contributed by atoms with Crippen molar-refractivity contribution in [1.29, 1.82) is 0 Å². The molecule has 1 aromatic carbocycles. The molecule has 0 aliphatic carbocycles. The van der Waals surface area contributed by atoms with E-state index in [1.807, 2.05) is 0 Å². The van der Waals surface area contributed by atoms with Gasteiger partial charge >= 0.3 is 0 Å². The minimum atomic E-state index is 0.371. The number of rotatable bonds is 2. The summed E-state index contributed by atoms with van der Waals surface area (Å²) in [6, 6.07) is 10.8. The Morgan fingerprint density at radius 1 is 1.08 bits per heavy atom. The minimum absolute atomic E-state index is 0.371. The Morgan fingerprint density at radius 2 is 1.62 bits per heavy atom. The lowest BCUT2D eigenvalue weighted by atomic mass is 9.75. The van der Waals surface area contributed by atoms with Crippen LogP contribution < -0.4 is 0 Å². The summed E-state index contributed by atoms with van der Waals surface area (Å²) in [6.45, 7) is 9.21. The zero-order valence-corrected chi connectivity index (χ0v) is 9.17. The predicted molar refractivity (Wildman–Crippen MR) is 58.9 cm³/mol. The number of benzene rings is 1. The van der Waals surface area contributed by atoms with Gasteiger partial charge in [0.2, 0.25) is 0 Å². The van der Waals surface area contributed by atoms with Gasteiger partial charge in [0, 0.05) is 0 Å². The third-order valence-electron chi connectivity index (χ3n) is 2.66. The summed E-state index contributed by atoms with van der Waals surface area (Å²) in [7, 11) is 0. The maximum Gasteiger partial charge on any atom is -0.0116 e. The van der Waals surface area contributed by atoms with Crippen LogP contribution in [0.1, 0.15) is 45.6 Å². The Kier molecular flexibility index (Phi) is 3.13. The quantitative estimate of drug-likeness (QED) is 0.632. The largest absolute Gasteiger partial charge is 0.0648 e. The summed E-state index contributed by atoms with van der Waals surface area (Å²) in [6.07, 6.45) is 1.22. The summed E-state index contributed by atoms with van der Waals surface area (Å²) in [5.41, 5.74) is 1.84. The highest BCUT2D eigenvalue weighted by atomic mass is 14.3. The Balaban J connectivity index is 2.92. The summed E-state index contributed by atoms with van der Waals surface area (Å²) < 4.78 is 0. The van der Waals surface area contributed by atoms with Gasteiger partial charge in [-0.15, -0.1) is 0 Å². The van der Waals surface area contributed by atoms with Crippen LogP contribution in [0.5, 0.6) is 0 Å². The zero-order valence-electron chi connectivity index (χ0n) is 9.17. The van der Waals surface area contributed by atoms with Crippen molar-refractivity contribution in [2.75, 3.05) is 0 Å². The van der Waals surface area contributed by atoms with Crippen LogP contribution in [0.25, 0.3) is 0 Å². The van der Waals surface area contributed by atoms with Crippen LogP contribution in [0.15, 0.2) is 30.3 Å². The number of hydrogen-bond donors (Lipinski definition) is 0. The van der Waals surface area contributed by atoms with E-state index in [9.17, 15) is 0 Å². The second kappa shape index (κ2) is 3.95. The molecule has 0 radical (unpaired) electrons. The van der Waals surface area contributed by atoms with Crippen molar-refractivity contribution in [2.45, 2.75) is 40.0 Å². The van der Waals surface area contributed by atoms with E-state index in [-0.39, 0.29) is 0 Å². The first kappa shape index (κ1) is 10.3. The topological polar surface area (TPSA) is 0 Å². The lowest BCUT2D eigenvalue weighted by Gasteiger charge is -2.30. The maximum absolute atomic E-state index is 2.31. The molecule has 0 aliphatic heterocycles. The van der Waals surface area contributed by atoms with Gasteiger partial charge < -0.3 is 0 Å². The van der Waals surface area contributed by atoms with Gasteiger partial charge in [-0.2, -0.15) is 0 Å². The normalized spacial score (nSPS) is 14.2. The van der Waals surface area contributed by atoms with E-state index in [0.717, 1.165) is 0 Å². The van der Waals surface area contributed by atoms with Crippen LogP contribution in [0.2, 0.25) is 0 Å². The molecule has 1 rings (SSSR count). The first-order chi connectivity index (χ1) is 6.05. The molecular weight excluding hydrogens is 156 g/mol. The molecule has 13 heavy (non-hydrogen) atoms. The predicted octanol–water partition coefficient (Wildman–Crippen LogP) is 4.23. The molecule has 0 saturated heterocycles. The second-order valence-corrected chi connectivity index (χ2v) is 4.74. The van der Waals surface area contributed by atoms with E-state index in [4.69, 9.17) is 0 Å². The molecule has 0 unspecified atom stereocenters. The van der Waals surface area contributed by atoms with Crippen LogP contribution in [-0.4, -0.2) is 0 Å². The Morgan fingerprint density at radius 3 is 2.00 bits per heavy atom. The Labute approximate surface area is 82.0 Å². The summed E-state index contributed by atoms with van der Waals surface area (Å²) >= 11 is 0. The second-order valence-electron chi connectivity index (χ2n) is 4.74. The summed E-state index contributed by atoms with van der Waals surface area (Å²) in [5, 5.41) is 0. The van der Waals surface area contributed by atoms with Gasteiger partial charge in [0.05, 0.1) is 0 Å². The van der Waals surface area contributed by atoms with E-state index in [0.29, 0.717) is 11.3 Å². The molecule has 0 nitrogen and oxygen atoms in total. The SMILES string of the molecule is CC[C@H](c1ccccc1)C(C)(C)C. The lowest BCUT2D eigenvalue weighted by Crippen LogP contribution is -2.17. The van der Waals surface area contributed by atoms with E-state index < -0.39 is 0 Å². The van der Waals surface area contributed by atoms with E-state index in [2.05, 4.69) is 58.0 Å². The van der Waals surface area contributed by atoms with Crippen molar-refractivity contribution in [3.05, 3.63) is 35.9 Å². The van der Waals surface area contributed by atoms with Gasteiger partial charge in [0.25, 0.3) is 0 Å². The standard InChI is InChI=1S/C13H20/c1-5-12(13(2,3)4)11-9-7-6-8-10-11/h6-10,12H,5H2,1-4H3/t12-/m1/s1. The molecular formula is C13H20. The third-order valence-corrected chi connectivity index (χ3v) is 2.66. The van der Waals surface area contributed by atoms with Crippen LogP contribution in [0, 0.1) is 5.41 Å². The van der Waals surface area contributed by atoms with Crippen LogP contribution in [-0.2, 0) is 0 Å². The Hall–Kier alpha value is -0.780. The van der Waals surface area contributed by atoms with Gasteiger partial charge in [-0.05, 0) is 23.3 Å². The van der Waals surface area contributed by atoms with Crippen molar-refractivity contribution >= 4 is 0 Å². The molecule has 0 saturated carbocycles. The van der Waals surface area contributed by atoms with Crippen LogP contribution >= 0.6 is 0 Å². The van der Waals surface area contributed by atoms with Crippen molar-refractivity contribution in [1.82, 2.24) is 0 Å². The summed E-state index contributed by atoms with van der Waals surface area (Å²) in [4.78, 5) is 0. The molecule has 1 atom stereocenters. The molecule has 0 amide bonds. The van der Waals surface area contributed by atoms with E-state index >= 15 is 0 Å². The summed E-state index contributed by atoms with van der Waals surface area (Å²) in [5.74, 6) is 0.675. The van der Waals surface area contributed by atoms with Gasteiger partial charge in [0.15, 0.2) is 0 Å². The first-order valence-electron chi connectivity index (χ1n) is 5.10. The first-order valence-corrected chi connectivity index (χ1v) is 5.10. The maximum atomic E-state index is 2.31. The molecule has 0 fully saturated rings. The molecule has 0 spiro atoms. The molecule has 0 N–H and O–H groups in total. The third kappa shape index (κ3) is 2.58. The van der Waals surface area contributed by atoms with Gasteiger partial charge in [0.1, 0.15) is 0 Å². The average Bonchev–Trinajstić information content (AvgIpc) is 2.05. The lowest BCUT2D eigenvalue weighted by molar-refractivity contribution is 0.312. The number of hydrogen-bond acceptors (Lipinski definition) is 0. The fourth-order valence-corrected chi connectivity index (χ4v) is 2.03. The van der Waals surface area contributed by atoms with Gasteiger partial charge in [-0.1, -0.05) is 58.0 Å². The fourth-order valence-electron chi connectivity index (χ4n) is 2.03. The van der Waals surface area contributed by atoms with Crippen LogP contribution in [0.3, 0.4) is 0 Å². The van der Waals surface area contributed by atoms with Crippen molar-refractivity contribution in [3.8, 4) is 0 Å². The van der Waals surface area contributed by atoms with Crippen LogP contribution in [0.4, 0.5) is 0 Å². The monoisotopic (exact) mass is 176 g/mol. The van der Waals surface area contributed by atoms with Crippen molar-refractivity contribution in [2.24, 2.45) is 5.41 Å². The molecule has 72 valence electrons. The van der Waals surface area contributed by atoms with E-state index in [1.165, 1.54) is 12.0 Å². The Bertz CT molecular complexity index is 240. The highest BCUT2D eigenvalue weighted by Crippen LogP contribution is 2.37. The molecule has 0 heteroatoms. The zero-order chi connectivity index (χ0) is 9.90. The fraction of sp³-hybridized carbons (Fsp3) is 0.538. The van der Waals surface area contributed by atoms with Crippen molar-refractivity contribution in [3.63, 3.8) is 0 Å². The van der Waals surface area contributed by atoms with E-state index in [1.54, 1.807) is 0 Å².